The van der Waals surface area contributed by atoms with Gasteiger partial charge in [-0.3, -0.25) is 0 Å². The number of aryl methyl sites for hydroxylation is 1. The van der Waals surface area contributed by atoms with Gasteiger partial charge in [0, 0.05) is 43.8 Å². The Morgan fingerprint density at radius 2 is 1.01 bits per heavy atom. The zero-order valence-corrected chi connectivity index (χ0v) is 49.4. The highest BCUT2D eigenvalue weighted by Crippen LogP contribution is 2.56. The van der Waals surface area contributed by atoms with E-state index in [2.05, 4.69) is 259 Å². The lowest BCUT2D eigenvalue weighted by Gasteiger charge is -2.48. The molecule has 77 heavy (non-hydrogen) atoms. The van der Waals surface area contributed by atoms with Crippen LogP contribution in [0.3, 0.4) is 0 Å². The summed E-state index contributed by atoms with van der Waals surface area (Å²) in [6.07, 6.45) is 4.67. The minimum atomic E-state index is -0.0509. The lowest BCUT2D eigenvalue weighted by Crippen LogP contribution is -2.62. The van der Waals surface area contributed by atoms with Gasteiger partial charge in [-0.05, 0) is 186 Å². The summed E-state index contributed by atoms with van der Waals surface area (Å²) in [6, 6.07) is 58.1. The molecule has 4 aliphatic rings. The van der Waals surface area contributed by atoms with Crippen molar-refractivity contribution in [2.75, 3.05) is 9.80 Å². The molecule has 0 saturated carbocycles. The molecule has 388 valence electrons. The van der Waals surface area contributed by atoms with Gasteiger partial charge in [-0.1, -0.05) is 194 Å². The molecule has 2 aliphatic carbocycles. The van der Waals surface area contributed by atoms with E-state index in [4.69, 9.17) is 0 Å². The van der Waals surface area contributed by atoms with Gasteiger partial charge < -0.3 is 9.80 Å². The van der Waals surface area contributed by atoms with Crippen molar-refractivity contribution in [1.82, 2.24) is 0 Å². The quantitative estimate of drug-likeness (QED) is 0.162. The monoisotopic (exact) mass is 1020 g/mol. The molecule has 8 aromatic carbocycles. The average Bonchev–Trinajstić information content (AvgIpc) is 3.94. The maximum atomic E-state index is 2.75. The molecule has 0 radical (unpaired) electrons. The summed E-state index contributed by atoms with van der Waals surface area (Å²) in [6.45, 7) is 36.2. The third-order valence-corrected chi connectivity index (χ3v) is 20.4. The van der Waals surface area contributed by atoms with Crippen LogP contribution in [-0.4, -0.2) is 6.71 Å². The molecule has 2 aliphatic heterocycles. The van der Waals surface area contributed by atoms with Crippen molar-refractivity contribution in [2.45, 2.75) is 162 Å². The van der Waals surface area contributed by atoms with Crippen molar-refractivity contribution in [2.24, 2.45) is 0 Å². The molecule has 0 N–H and O–H groups in total. The Labute approximate surface area is 464 Å². The maximum Gasteiger partial charge on any atom is 0.252 e. The number of benzene rings is 8. The van der Waals surface area contributed by atoms with Gasteiger partial charge in [-0.2, -0.15) is 0 Å². The zero-order chi connectivity index (χ0) is 54.1. The molecule has 3 heterocycles. The van der Waals surface area contributed by atoms with Crippen LogP contribution in [0.2, 0.25) is 0 Å². The van der Waals surface area contributed by atoms with Crippen LogP contribution in [0.4, 0.5) is 34.1 Å². The van der Waals surface area contributed by atoms with Crippen LogP contribution in [0.5, 0.6) is 0 Å². The van der Waals surface area contributed by atoms with Gasteiger partial charge in [0.15, 0.2) is 0 Å². The fourth-order valence-electron chi connectivity index (χ4n) is 14.2. The number of rotatable bonds is 4. The summed E-state index contributed by atoms with van der Waals surface area (Å²) in [5.74, 6) is 0. The first-order chi connectivity index (χ1) is 36.3. The Kier molecular flexibility index (Phi) is 11.0. The van der Waals surface area contributed by atoms with Gasteiger partial charge in [0.2, 0.25) is 0 Å². The first-order valence-electron chi connectivity index (χ1n) is 28.7. The Morgan fingerprint density at radius 3 is 1.68 bits per heavy atom. The number of anilines is 6. The maximum absolute atomic E-state index is 2.75. The van der Waals surface area contributed by atoms with Gasteiger partial charge in [0.25, 0.3) is 6.71 Å². The first kappa shape index (κ1) is 50.2. The SMILES string of the molecule is Cc1ccccc1-c1cc2c3c(c1)N(c1ccc(C(C)(C)C)cc1-c1ccccc1)c1c(ccc4c1sc1cc(C(C)(C)C)ccc14)B3c1cc3c(cc1N2c1ccc2c(c1)C(C)(C)CCC2(C)C)C(C)(C)CCC3(C)C. The second kappa shape index (κ2) is 16.8. The van der Waals surface area contributed by atoms with E-state index in [-0.39, 0.29) is 39.2 Å². The second-order valence-corrected chi connectivity index (χ2v) is 29.4. The summed E-state index contributed by atoms with van der Waals surface area (Å²) in [4.78, 5) is 5.48. The molecule has 0 saturated heterocycles. The summed E-state index contributed by atoms with van der Waals surface area (Å²) in [5.41, 5.74) is 26.9. The van der Waals surface area contributed by atoms with Crippen molar-refractivity contribution < 1.29 is 0 Å². The molecule has 0 atom stereocenters. The molecule has 1 aromatic heterocycles. The molecule has 0 fully saturated rings. The fraction of sp³-hybridized carbons (Fsp3) is 0.342. The molecule has 0 bridgehead atoms. The lowest BCUT2D eigenvalue weighted by atomic mass is 9.33. The van der Waals surface area contributed by atoms with Crippen LogP contribution in [0, 0.1) is 6.92 Å². The van der Waals surface area contributed by atoms with Crippen LogP contribution in [0.15, 0.2) is 146 Å². The highest BCUT2D eigenvalue weighted by atomic mass is 32.1. The Morgan fingerprint density at radius 1 is 0.442 bits per heavy atom. The van der Waals surface area contributed by atoms with Crippen molar-refractivity contribution in [3.63, 3.8) is 0 Å². The predicted octanol–water partition coefficient (Wildman–Crippen LogP) is 19.1. The minimum Gasteiger partial charge on any atom is -0.311 e. The van der Waals surface area contributed by atoms with Crippen LogP contribution in [0.25, 0.3) is 42.4 Å². The van der Waals surface area contributed by atoms with Crippen LogP contribution in [-0.2, 0) is 32.5 Å². The molecule has 4 heteroatoms. The number of thiophene rings is 1. The average molecular weight is 1030 g/mol. The highest BCUT2D eigenvalue weighted by Gasteiger charge is 2.48. The molecule has 0 spiro atoms. The first-order valence-corrected chi connectivity index (χ1v) is 29.5. The predicted molar refractivity (Wildman–Crippen MR) is 337 cm³/mol. The number of hydrogen-bond acceptors (Lipinski definition) is 3. The normalized spacial score (nSPS) is 17.7. The standard InChI is InChI=1S/C73H77BN2S/c1-44-21-19-20-24-50(44)46-37-62-65-63(38-46)76(60-32-26-47(68(2,3)4)39-53(60)45-22-17-16-18-23-45)66-58(31-29-52-51-28-25-48(69(5,6)7)40-64(51)77-67(52)66)74(65)59-42-56-57(73(14,15)36-35-72(56,12)13)43-61(59)75(62)49-27-30-54-55(41-49)71(10,11)34-33-70(54,8)9/h16-32,37-43H,33-36H2,1-15H3. The Hall–Kier alpha value is -6.36. The van der Waals surface area contributed by atoms with Crippen LogP contribution >= 0.6 is 11.3 Å². The van der Waals surface area contributed by atoms with E-state index >= 15 is 0 Å². The van der Waals surface area contributed by atoms with Crippen molar-refractivity contribution in [3.05, 3.63) is 185 Å². The smallest absolute Gasteiger partial charge is 0.252 e. The van der Waals surface area contributed by atoms with Crippen molar-refractivity contribution >= 4 is 88.7 Å². The third-order valence-electron chi connectivity index (χ3n) is 19.2. The third kappa shape index (κ3) is 7.76. The summed E-state index contributed by atoms with van der Waals surface area (Å²) >= 11 is 1.99. The van der Waals surface area contributed by atoms with Crippen molar-refractivity contribution in [3.8, 4) is 22.3 Å². The van der Waals surface area contributed by atoms with E-state index in [1.807, 2.05) is 11.3 Å². The highest BCUT2D eigenvalue weighted by molar-refractivity contribution is 7.26. The van der Waals surface area contributed by atoms with Gasteiger partial charge in [-0.25, -0.2) is 0 Å². The molecular formula is C73H77BN2S. The van der Waals surface area contributed by atoms with Gasteiger partial charge in [0.1, 0.15) is 0 Å². The van der Waals surface area contributed by atoms with E-state index in [0.717, 1.165) is 19.3 Å². The van der Waals surface area contributed by atoms with Crippen LogP contribution in [0.1, 0.15) is 162 Å². The summed E-state index contributed by atoms with van der Waals surface area (Å²) in [5, 5.41) is 2.66. The molecule has 9 aromatic rings. The Balaban J connectivity index is 1.22. The largest absolute Gasteiger partial charge is 0.311 e. The van der Waals surface area contributed by atoms with Crippen LogP contribution < -0.4 is 26.2 Å². The topological polar surface area (TPSA) is 6.48 Å². The van der Waals surface area contributed by atoms with E-state index in [0.29, 0.717) is 0 Å². The number of nitrogens with zero attached hydrogens (tertiary/aromatic N) is 2. The van der Waals surface area contributed by atoms with E-state index < -0.39 is 0 Å². The van der Waals surface area contributed by atoms with Crippen molar-refractivity contribution in [1.29, 1.82) is 0 Å². The molecule has 0 unspecified atom stereocenters. The van der Waals surface area contributed by atoms with Gasteiger partial charge in [-0.15, -0.1) is 11.3 Å². The van der Waals surface area contributed by atoms with Gasteiger partial charge in [0.05, 0.1) is 16.1 Å². The number of fused-ring (bicyclic) bond motifs is 10. The molecular weight excluding hydrogens is 948 g/mol. The summed E-state index contributed by atoms with van der Waals surface area (Å²) < 4.78 is 2.69. The van der Waals surface area contributed by atoms with E-state index in [1.54, 1.807) is 0 Å². The lowest BCUT2D eigenvalue weighted by molar-refractivity contribution is 0.332. The number of hydrogen-bond donors (Lipinski definition) is 0. The summed E-state index contributed by atoms with van der Waals surface area (Å²) in [7, 11) is 0. The molecule has 2 nitrogen and oxygen atoms in total. The minimum absolute atomic E-state index is 0.0192. The van der Waals surface area contributed by atoms with E-state index in [1.165, 1.54) is 138 Å². The van der Waals surface area contributed by atoms with Gasteiger partial charge >= 0.3 is 0 Å². The van der Waals surface area contributed by atoms with E-state index in [9.17, 15) is 0 Å². The second-order valence-electron chi connectivity index (χ2n) is 28.4. The Bertz CT molecular complexity index is 3920. The molecule has 13 rings (SSSR count). The molecule has 0 amide bonds. The zero-order valence-electron chi connectivity index (χ0n) is 48.6. The fourth-order valence-corrected chi connectivity index (χ4v) is 15.5.